The number of aryl methyl sites for hydroxylation is 1. The number of halogens is 3. The molecule has 2 rings (SSSR count). The molecule has 6 nitrogen and oxygen atoms in total. The minimum atomic E-state index is -4.60. The van der Waals surface area contributed by atoms with E-state index in [0.29, 0.717) is 0 Å². The maximum atomic E-state index is 13.2. The molecule has 164 valence electrons. The maximum Gasteiger partial charge on any atom is 0.416 e. The number of carbonyl (C=O) groups excluding carboxylic acids is 1. The highest BCUT2D eigenvalue weighted by Gasteiger charge is 2.35. The largest absolute Gasteiger partial charge is 0.416 e. The normalized spacial score (nSPS) is 14.2. The number of hydrogen-bond acceptors (Lipinski definition) is 4. The Morgan fingerprint density at radius 1 is 1.13 bits per heavy atom. The fraction of sp³-hybridized carbons (Fsp3) is 0.350. The van der Waals surface area contributed by atoms with E-state index in [4.69, 9.17) is 0 Å². The molecule has 1 amide bonds. The third kappa shape index (κ3) is 5.80. The Balaban J connectivity index is 2.24. The summed E-state index contributed by atoms with van der Waals surface area (Å²) in [7, 11) is -2.90. The zero-order chi connectivity index (χ0) is 22.7. The number of alkyl halides is 3. The molecule has 0 bridgehead atoms. The van der Waals surface area contributed by atoms with Crippen LogP contribution in [-0.4, -0.2) is 43.5 Å². The number of sulfonamides is 1. The molecule has 2 aromatic carbocycles. The van der Waals surface area contributed by atoms with E-state index in [-0.39, 0.29) is 10.5 Å². The molecule has 2 N–H and O–H groups in total. The number of hydrogen-bond donors (Lipinski definition) is 2. The Hall–Kier alpha value is -2.43. The number of aliphatic hydroxyl groups is 1. The number of nitrogens with one attached hydrogen (secondary N) is 1. The first kappa shape index (κ1) is 23.8. The van der Waals surface area contributed by atoms with Gasteiger partial charge in [-0.25, -0.2) is 8.42 Å². The average molecular weight is 444 g/mol. The van der Waals surface area contributed by atoms with Crippen LogP contribution in [0.15, 0.2) is 53.4 Å². The van der Waals surface area contributed by atoms with Gasteiger partial charge in [0.1, 0.15) is 6.04 Å². The van der Waals surface area contributed by atoms with Crippen molar-refractivity contribution in [2.45, 2.75) is 43.6 Å². The van der Waals surface area contributed by atoms with Crippen molar-refractivity contribution in [2.24, 2.45) is 0 Å². The Morgan fingerprint density at radius 3 is 2.23 bits per heavy atom. The fourth-order valence-corrected chi connectivity index (χ4v) is 4.08. The van der Waals surface area contributed by atoms with Crippen molar-refractivity contribution < 1.29 is 31.5 Å². The average Bonchev–Trinajstić information content (AvgIpc) is 2.65. The van der Waals surface area contributed by atoms with Crippen molar-refractivity contribution in [2.75, 3.05) is 7.05 Å². The Kier molecular flexibility index (Phi) is 7.27. The minimum Gasteiger partial charge on any atom is -0.391 e. The van der Waals surface area contributed by atoms with Gasteiger partial charge in [-0.1, -0.05) is 35.9 Å². The molecule has 0 saturated carbocycles. The van der Waals surface area contributed by atoms with E-state index >= 15 is 0 Å². The molecule has 10 heteroatoms. The Morgan fingerprint density at radius 2 is 1.70 bits per heavy atom. The zero-order valence-electron chi connectivity index (χ0n) is 16.6. The van der Waals surface area contributed by atoms with Crippen molar-refractivity contribution in [3.63, 3.8) is 0 Å². The summed E-state index contributed by atoms with van der Waals surface area (Å²) in [6.07, 6.45) is -6.02. The number of likely N-dealkylation sites (N-methyl/N-ethyl adjacent to an activating group) is 1. The second-order valence-electron chi connectivity index (χ2n) is 7.00. The van der Waals surface area contributed by atoms with Gasteiger partial charge in [0.2, 0.25) is 15.9 Å². The van der Waals surface area contributed by atoms with E-state index in [1.807, 2.05) is 0 Å². The highest BCUT2D eigenvalue weighted by Crippen LogP contribution is 2.32. The summed E-state index contributed by atoms with van der Waals surface area (Å²) in [4.78, 5) is 13.6. The quantitative estimate of drug-likeness (QED) is 0.688. The molecule has 0 radical (unpaired) electrons. The van der Waals surface area contributed by atoms with E-state index in [2.05, 4.69) is 4.72 Å². The van der Waals surface area contributed by atoms with Crippen LogP contribution in [0.4, 0.5) is 13.2 Å². The molecular formula is C20H23F3N2O4S. The highest BCUT2D eigenvalue weighted by molar-refractivity contribution is 7.89. The number of nitrogens with zero attached hydrogens (tertiary/aromatic N) is 1. The number of aliphatic hydroxyl groups excluding tert-OH is 1. The molecule has 0 heterocycles. The number of carbonyl (C=O) groups is 1. The number of rotatable bonds is 7. The molecule has 0 fully saturated rings. The first-order chi connectivity index (χ1) is 13.8. The van der Waals surface area contributed by atoms with E-state index < -0.39 is 46.4 Å². The van der Waals surface area contributed by atoms with Gasteiger partial charge in [-0.15, -0.1) is 0 Å². The van der Waals surface area contributed by atoms with E-state index in [1.54, 1.807) is 19.1 Å². The molecule has 0 saturated heterocycles. The first-order valence-electron chi connectivity index (χ1n) is 9.00. The smallest absolute Gasteiger partial charge is 0.391 e. The van der Waals surface area contributed by atoms with Crippen molar-refractivity contribution in [3.05, 3.63) is 65.2 Å². The zero-order valence-corrected chi connectivity index (χ0v) is 17.5. The molecule has 2 aromatic rings. The van der Waals surface area contributed by atoms with Crippen molar-refractivity contribution >= 4 is 15.9 Å². The van der Waals surface area contributed by atoms with Gasteiger partial charge < -0.3 is 10.0 Å². The van der Waals surface area contributed by atoms with Crippen LogP contribution in [0.5, 0.6) is 0 Å². The van der Waals surface area contributed by atoms with Gasteiger partial charge in [0, 0.05) is 13.6 Å². The Bertz CT molecular complexity index is 990. The van der Waals surface area contributed by atoms with E-state index in [1.165, 1.54) is 44.3 Å². The molecule has 0 spiro atoms. The summed E-state index contributed by atoms with van der Waals surface area (Å²) in [6.45, 7) is 2.58. The van der Waals surface area contributed by atoms with E-state index in [0.717, 1.165) is 16.5 Å². The highest BCUT2D eigenvalue weighted by atomic mass is 32.2. The summed E-state index contributed by atoms with van der Waals surface area (Å²) >= 11 is 0. The van der Waals surface area contributed by atoms with Gasteiger partial charge in [0.05, 0.1) is 16.6 Å². The summed E-state index contributed by atoms with van der Waals surface area (Å²) in [5.74, 6) is -0.863. The van der Waals surface area contributed by atoms with Gasteiger partial charge in [-0.05, 0) is 37.6 Å². The van der Waals surface area contributed by atoms with Crippen LogP contribution >= 0.6 is 0 Å². The molecular weight excluding hydrogens is 421 g/mol. The second-order valence-corrected chi connectivity index (χ2v) is 8.72. The van der Waals surface area contributed by atoms with Crippen molar-refractivity contribution in [1.82, 2.24) is 9.62 Å². The number of benzene rings is 2. The monoisotopic (exact) mass is 444 g/mol. The van der Waals surface area contributed by atoms with Crippen LogP contribution in [0.3, 0.4) is 0 Å². The molecule has 30 heavy (non-hydrogen) atoms. The topological polar surface area (TPSA) is 86.7 Å². The van der Waals surface area contributed by atoms with Crippen molar-refractivity contribution in [1.29, 1.82) is 0 Å². The predicted molar refractivity (Wildman–Crippen MR) is 105 cm³/mol. The maximum absolute atomic E-state index is 13.2. The lowest BCUT2D eigenvalue weighted by molar-refractivity contribution is -0.140. The van der Waals surface area contributed by atoms with Crippen LogP contribution in [0.2, 0.25) is 0 Å². The fourth-order valence-electron chi connectivity index (χ4n) is 2.81. The van der Waals surface area contributed by atoms with Crippen LogP contribution in [0, 0.1) is 6.92 Å². The minimum absolute atomic E-state index is 0.100. The van der Waals surface area contributed by atoms with Gasteiger partial charge in [-0.3, -0.25) is 4.79 Å². The molecule has 0 aliphatic carbocycles. The van der Waals surface area contributed by atoms with Crippen LogP contribution in [-0.2, 0) is 27.5 Å². The standard InChI is InChI=1S/C20H23F3N2O4S/c1-13-8-10-16(11-9-13)30(28,29)24-18(14(2)26)19(27)25(3)12-15-6-4-5-7-17(15)20(21,22)23/h4-11,14,18,24,26H,12H2,1-3H3. The summed E-state index contributed by atoms with van der Waals surface area (Å²) in [6, 6.07) is 9.08. The van der Waals surface area contributed by atoms with Gasteiger partial charge in [-0.2, -0.15) is 17.9 Å². The third-order valence-electron chi connectivity index (χ3n) is 4.47. The van der Waals surface area contributed by atoms with Crippen LogP contribution in [0.25, 0.3) is 0 Å². The molecule has 2 unspecified atom stereocenters. The van der Waals surface area contributed by atoms with Crippen LogP contribution in [0.1, 0.15) is 23.6 Å². The lowest BCUT2D eigenvalue weighted by atomic mass is 10.1. The van der Waals surface area contributed by atoms with Gasteiger partial charge in [0.25, 0.3) is 0 Å². The second kappa shape index (κ2) is 9.15. The third-order valence-corrected chi connectivity index (χ3v) is 5.93. The molecule has 0 aliphatic rings. The Labute approximate surface area is 173 Å². The molecule has 0 aliphatic heterocycles. The van der Waals surface area contributed by atoms with Gasteiger partial charge in [0.15, 0.2) is 0 Å². The molecule has 0 aromatic heterocycles. The van der Waals surface area contributed by atoms with Gasteiger partial charge >= 0.3 is 6.18 Å². The summed E-state index contributed by atoms with van der Waals surface area (Å²) in [5.41, 5.74) is -0.203. The molecule has 2 atom stereocenters. The van der Waals surface area contributed by atoms with E-state index in [9.17, 15) is 31.5 Å². The number of amides is 1. The first-order valence-corrected chi connectivity index (χ1v) is 10.5. The van der Waals surface area contributed by atoms with Crippen molar-refractivity contribution in [3.8, 4) is 0 Å². The SMILES string of the molecule is Cc1ccc(S(=O)(=O)NC(C(=O)N(C)Cc2ccccc2C(F)(F)F)C(C)O)cc1. The lowest BCUT2D eigenvalue weighted by Crippen LogP contribution is -2.52. The summed E-state index contributed by atoms with van der Waals surface area (Å²) < 4.78 is 66.9. The predicted octanol–water partition coefficient (Wildman–Crippen LogP) is 2.70. The summed E-state index contributed by atoms with van der Waals surface area (Å²) in [5, 5.41) is 9.98. The lowest BCUT2D eigenvalue weighted by Gasteiger charge is -2.27. The van der Waals surface area contributed by atoms with Crippen LogP contribution < -0.4 is 4.72 Å².